The van der Waals surface area contributed by atoms with Gasteiger partial charge in [0.15, 0.2) is 23.0 Å². The van der Waals surface area contributed by atoms with E-state index in [1.54, 1.807) is 26.4 Å². The first-order valence-corrected chi connectivity index (χ1v) is 10.2. The van der Waals surface area contributed by atoms with Crippen LogP contribution < -0.4 is 24.3 Å². The van der Waals surface area contributed by atoms with E-state index in [0.717, 1.165) is 20.6 Å². The quantitative estimate of drug-likeness (QED) is 0.500. The molecule has 0 aromatic heterocycles. The molecule has 2 aromatic rings. The lowest BCUT2D eigenvalue weighted by atomic mass is 10.1. The number of methoxy groups -OCH3 is 2. The molecule has 0 fully saturated rings. The van der Waals surface area contributed by atoms with Gasteiger partial charge in [-0.05, 0) is 72.7 Å². The Labute approximate surface area is 179 Å². The molecule has 7 heteroatoms. The maximum absolute atomic E-state index is 12.6. The standard InChI is InChI=1S/C21H26INO5/c1-5-27-17-8-7-14(11-20(17)28-6-2)9-10-23-21(24)15-12-18(25-3)19(26-4)13-16(15)22/h7-8,11-13H,5-6,9-10H2,1-4H3,(H,23,24). The first-order chi connectivity index (χ1) is 13.5. The fourth-order valence-corrected chi connectivity index (χ4v) is 3.38. The minimum atomic E-state index is -0.152. The molecule has 0 aliphatic carbocycles. The molecule has 6 nitrogen and oxygen atoms in total. The summed E-state index contributed by atoms with van der Waals surface area (Å²) in [5.74, 6) is 2.43. The lowest BCUT2D eigenvalue weighted by Gasteiger charge is -2.13. The van der Waals surface area contributed by atoms with Crippen molar-refractivity contribution < 1.29 is 23.7 Å². The molecule has 0 bridgehead atoms. The molecule has 0 aliphatic heterocycles. The molecular formula is C21H26INO5. The van der Waals surface area contributed by atoms with E-state index in [4.69, 9.17) is 18.9 Å². The van der Waals surface area contributed by atoms with Crippen molar-refractivity contribution in [2.24, 2.45) is 0 Å². The van der Waals surface area contributed by atoms with Crippen molar-refractivity contribution in [3.63, 3.8) is 0 Å². The van der Waals surface area contributed by atoms with Crippen LogP contribution in [0.5, 0.6) is 23.0 Å². The predicted octanol–water partition coefficient (Wildman–Crippen LogP) is 4.08. The minimum absolute atomic E-state index is 0.152. The van der Waals surface area contributed by atoms with Crippen LogP contribution in [-0.2, 0) is 6.42 Å². The second kappa shape index (κ2) is 11.0. The van der Waals surface area contributed by atoms with Crippen LogP contribution in [0.25, 0.3) is 0 Å². The molecule has 0 saturated carbocycles. The van der Waals surface area contributed by atoms with E-state index in [2.05, 4.69) is 27.9 Å². The molecule has 1 amide bonds. The highest BCUT2D eigenvalue weighted by Gasteiger charge is 2.15. The molecule has 0 atom stereocenters. The first-order valence-electron chi connectivity index (χ1n) is 9.12. The van der Waals surface area contributed by atoms with Crippen LogP contribution in [0, 0.1) is 3.57 Å². The molecule has 0 saturated heterocycles. The molecule has 0 unspecified atom stereocenters. The molecule has 0 radical (unpaired) electrons. The summed E-state index contributed by atoms with van der Waals surface area (Å²) >= 11 is 2.12. The Kier molecular flexibility index (Phi) is 8.69. The van der Waals surface area contributed by atoms with Crippen molar-refractivity contribution in [1.82, 2.24) is 5.32 Å². The van der Waals surface area contributed by atoms with Gasteiger partial charge in [0.2, 0.25) is 0 Å². The molecule has 28 heavy (non-hydrogen) atoms. The average molecular weight is 499 g/mol. The Balaban J connectivity index is 2.03. The van der Waals surface area contributed by atoms with Crippen LogP contribution in [0.15, 0.2) is 30.3 Å². The van der Waals surface area contributed by atoms with Gasteiger partial charge in [-0.15, -0.1) is 0 Å². The molecule has 2 rings (SSSR count). The first kappa shape index (κ1) is 22.1. The Morgan fingerprint density at radius 1 is 0.929 bits per heavy atom. The van der Waals surface area contributed by atoms with Crippen molar-refractivity contribution >= 4 is 28.5 Å². The number of rotatable bonds is 10. The summed E-state index contributed by atoms with van der Waals surface area (Å²) in [6.45, 7) is 5.53. The molecule has 0 aliphatic rings. The highest BCUT2D eigenvalue weighted by Crippen LogP contribution is 2.31. The zero-order valence-corrected chi connectivity index (χ0v) is 18.8. The lowest BCUT2D eigenvalue weighted by molar-refractivity contribution is 0.0953. The van der Waals surface area contributed by atoms with Gasteiger partial charge in [-0.2, -0.15) is 0 Å². The Morgan fingerprint density at radius 3 is 2.21 bits per heavy atom. The van der Waals surface area contributed by atoms with E-state index in [1.165, 1.54) is 0 Å². The Morgan fingerprint density at radius 2 is 1.57 bits per heavy atom. The fourth-order valence-electron chi connectivity index (χ4n) is 2.69. The van der Waals surface area contributed by atoms with E-state index >= 15 is 0 Å². The summed E-state index contributed by atoms with van der Waals surface area (Å²) in [6.07, 6.45) is 0.683. The summed E-state index contributed by atoms with van der Waals surface area (Å²) in [5.41, 5.74) is 1.62. The summed E-state index contributed by atoms with van der Waals surface area (Å²) < 4.78 is 22.6. The highest BCUT2D eigenvalue weighted by molar-refractivity contribution is 14.1. The van der Waals surface area contributed by atoms with Gasteiger partial charge in [0.25, 0.3) is 5.91 Å². The van der Waals surface area contributed by atoms with Crippen LogP contribution in [0.4, 0.5) is 0 Å². The topological polar surface area (TPSA) is 66.0 Å². The number of halogens is 1. The summed E-state index contributed by atoms with van der Waals surface area (Å²) in [4.78, 5) is 12.6. The number of carbonyl (C=O) groups excluding carboxylic acids is 1. The third-order valence-electron chi connectivity index (χ3n) is 4.02. The van der Waals surface area contributed by atoms with Crippen LogP contribution in [0.3, 0.4) is 0 Å². The van der Waals surface area contributed by atoms with Crippen molar-refractivity contribution in [3.8, 4) is 23.0 Å². The van der Waals surface area contributed by atoms with Crippen LogP contribution in [0.2, 0.25) is 0 Å². The van der Waals surface area contributed by atoms with E-state index in [-0.39, 0.29) is 5.91 Å². The van der Waals surface area contributed by atoms with Gasteiger partial charge in [0, 0.05) is 10.1 Å². The zero-order valence-electron chi connectivity index (χ0n) is 16.6. The number of amides is 1. The number of carbonyl (C=O) groups is 1. The van der Waals surface area contributed by atoms with Crippen molar-refractivity contribution in [3.05, 3.63) is 45.0 Å². The minimum Gasteiger partial charge on any atom is -0.493 e. The Hall–Kier alpha value is -2.16. The molecular weight excluding hydrogens is 473 g/mol. The summed E-state index contributed by atoms with van der Waals surface area (Å²) in [7, 11) is 3.12. The van der Waals surface area contributed by atoms with E-state index in [9.17, 15) is 4.79 Å². The monoisotopic (exact) mass is 499 g/mol. The van der Waals surface area contributed by atoms with Crippen LogP contribution >= 0.6 is 22.6 Å². The number of hydrogen-bond acceptors (Lipinski definition) is 5. The largest absolute Gasteiger partial charge is 0.493 e. The van der Waals surface area contributed by atoms with E-state index < -0.39 is 0 Å². The smallest absolute Gasteiger partial charge is 0.252 e. The third-order valence-corrected chi connectivity index (χ3v) is 4.92. The van der Waals surface area contributed by atoms with Gasteiger partial charge in [-0.1, -0.05) is 6.07 Å². The second-order valence-corrected chi connectivity index (χ2v) is 7.00. The van der Waals surface area contributed by atoms with Crippen molar-refractivity contribution in [2.75, 3.05) is 34.0 Å². The van der Waals surface area contributed by atoms with Gasteiger partial charge in [-0.3, -0.25) is 4.79 Å². The summed E-state index contributed by atoms with van der Waals surface area (Å²) in [5, 5.41) is 2.96. The lowest BCUT2D eigenvalue weighted by Crippen LogP contribution is -2.26. The van der Waals surface area contributed by atoms with Crippen LogP contribution in [-0.4, -0.2) is 39.9 Å². The molecule has 0 spiro atoms. The van der Waals surface area contributed by atoms with Crippen molar-refractivity contribution in [1.29, 1.82) is 0 Å². The number of nitrogens with one attached hydrogen (secondary N) is 1. The van der Waals surface area contributed by atoms with Crippen molar-refractivity contribution in [2.45, 2.75) is 20.3 Å². The normalized spacial score (nSPS) is 10.3. The number of hydrogen-bond donors (Lipinski definition) is 1. The number of benzene rings is 2. The molecule has 152 valence electrons. The summed E-state index contributed by atoms with van der Waals surface area (Å²) in [6, 6.07) is 9.33. The second-order valence-electron chi connectivity index (χ2n) is 5.84. The number of ether oxygens (including phenoxy) is 4. The van der Waals surface area contributed by atoms with Gasteiger partial charge >= 0.3 is 0 Å². The SMILES string of the molecule is CCOc1ccc(CCNC(=O)c2cc(OC)c(OC)cc2I)cc1OCC. The van der Waals surface area contributed by atoms with Gasteiger partial charge < -0.3 is 24.3 Å². The van der Waals surface area contributed by atoms with E-state index in [1.807, 2.05) is 32.0 Å². The zero-order chi connectivity index (χ0) is 20.5. The molecule has 0 heterocycles. The average Bonchev–Trinajstić information content (AvgIpc) is 2.69. The third kappa shape index (κ3) is 5.67. The fraction of sp³-hybridized carbons (Fsp3) is 0.381. The highest BCUT2D eigenvalue weighted by atomic mass is 127. The Bertz CT molecular complexity index is 810. The maximum atomic E-state index is 12.6. The van der Waals surface area contributed by atoms with Gasteiger partial charge in [0.05, 0.1) is 33.0 Å². The molecule has 1 N–H and O–H groups in total. The predicted molar refractivity (Wildman–Crippen MR) is 117 cm³/mol. The van der Waals surface area contributed by atoms with Gasteiger partial charge in [-0.25, -0.2) is 0 Å². The molecule has 2 aromatic carbocycles. The maximum Gasteiger partial charge on any atom is 0.252 e. The van der Waals surface area contributed by atoms with E-state index in [0.29, 0.717) is 43.2 Å². The van der Waals surface area contributed by atoms with Crippen LogP contribution in [0.1, 0.15) is 29.8 Å². The van der Waals surface area contributed by atoms with Gasteiger partial charge in [0.1, 0.15) is 0 Å².